The predicted molar refractivity (Wildman–Crippen MR) is 78.1 cm³/mol. The van der Waals surface area contributed by atoms with E-state index in [9.17, 15) is 4.79 Å². The molecule has 0 radical (unpaired) electrons. The number of rotatable bonds is 2. The van der Waals surface area contributed by atoms with E-state index in [2.05, 4.69) is 15.2 Å². The number of amides is 1. The van der Waals surface area contributed by atoms with Crippen molar-refractivity contribution in [1.29, 1.82) is 0 Å². The number of nitrogens with zero attached hydrogens (tertiary/aromatic N) is 4. The zero-order chi connectivity index (χ0) is 14.8. The van der Waals surface area contributed by atoms with Gasteiger partial charge in [0.25, 0.3) is 5.91 Å². The van der Waals surface area contributed by atoms with Crippen LogP contribution in [0.2, 0.25) is 0 Å². The Balaban J connectivity index is 1.90. The lowest BCUT2D eigenvalue weighted by Crippen LogP contribution is -2.30. The van der Waals surface area contributed by atoms with Crippen molar-refractivity contribution >= 4 is 11.9 Å². The van der Waals surface area contributed by atoms with Crippen LogP contribution in [0.5, 0.6) is 0 Å². The molecule has 1 unspecified atom stereocenters. The number of aromatic nitrogens is 3. The van der Waals surface area contributed by atoms with Crippen LogP contribution in [-0.4, -0.2) is 26.6 Å². The highest BCUT2D eigenvalue weighted by atomic mass is 16.1. The van der Waals surface area contributed by atoms with E-state index in [1.807, 2.05) is 34.9 Å². The Morgan fingerprint density at radius 2 is 2.00 bits per heavy atom. The molecule has 21 heavy (non-hydrogen) atoms. The average Bonchev–Trinajstić information content (AvgIpc) is 2.90. The third kappa shape index (κ3) is 2.62. The van der Waals surface area contributed by atoms with Crippen molar-refractivity contribution in [2.45, 2.75) is 19.4 Å². The summed E-state index contributed by atoms with van der Waals surface area (Å²) in [6.45, 7) is 0.502. The lowest BCUT2D eigenvalue weighted by Gasteiger charge is -2.21. The summed E-state index contributed by atoms with van der Waals surface area (Å²) >= 11 is 0. The largest absolute Gasteiger partial charge is 0.370 e. The van der Waals surface area contributed by atoms with Crippen molar-refractivity contribution in [3.63, 3.8) is 0 Å². The Hall–Kier alpha value is -2.70. The highest BCUT2D eigenvalue weighted by Gasteiger charge is 2.28. The summed E-state index contributed by atoms with van der Waals surface area (Å²) in [6.07, 6.45) is 1.37. The Morgan fingerprint density at radius 3 is 2.71 bits per heavy atom. The van der Waals surface area contributed by atoms with Gasteiger partial charge in [-0.05, 0) is 6.42 Å². The second-order valence-electron chi connectivity index (χ2n) is 5.03. The third-order valence-electron chi connectivity index (χ3n) is 3.57. The van der Waals surface area contributed by atoms with Crippen LogP contribution in [0.1, 0.15) is 12.2 Å². The average molecular weight is 284 g/mol. The lowest BCUT2D eigenvalue weighted by molar-refractivity contribution is -0.122. The summed E-state index contributed by atoms with van der Waals surface area (Å²) in [4.78, 5) is 15.6. The summed E-state index contributed by atoms with van der Waals surface area (Å²) < 4.78 is 1.98. The maximum absolute atomic E-state index is 12.0. The maximum Gasteiger partial charge on any atom is 0.253 e. The van der Waals surface area contributed by atoms with Crippen LogP contribution in [0.25, 0.3) is 11.4 Å². The first-order valence-electron chi connectivity index (χ1n) is 6.76. The van der Waals surface area contributed by atoms with E-state index in [-0.39, 0.29) is 17.8 Å². The molecule has 0 saturated heterocycles. The molecular formula is C14H16N6O. The molecule has 1 amide bonds. The van der Waals surface area contributed by atoms with Crippen LogP contribution < -0.4 is 11.5 Å². The molecule has 3 rings (SSSR count). The van der Waals surface area contributed by atoms with Crippen LogP contribution in [0.3, 0.4) is 0 Å². The number of aliphatic imine (C=N–C) groups is 1. The molecule has 1 atom stereocenters. The standard InChI is InChI=1S/C14H16N6O/c15-14(16)17-13(21)10-6-7-11-18-19-12(20(11)8-10)9-4-2-1-3-5-9/h1-5,10H,6-8H2,(H4,15,16,17,21). The van der Waals surface area contributed by atoms with Crippen LogP contribution in [0.15, 0.2) is 35.3 Å². The maximum atomic E-state index is 12.0. The normalized spacial score (nSPS) is 17.0. The zero-order valence-electron chi connectivity index (χ0n) is 11.4. The monoisotopic (exact) mass is 284 g/mol. The van der Waals surface area contributed by atoms with Crippen LogP contribution in [0, 0.1) is 5.92 Å². The molecule has 0 aliphatic carbocycles. The summed E-state index contributed by atoms with van der Waals surface area (Å²) in [5.74, 6) is 0.944. The van der Waals surface area contributed by atoms with E-state index in [0.717, 1.165) is 17.2 Å². The number of carbonyl (C=O) groups excluding carboxylic acids is 1. The fourth-order valence-corrected chi connectivity index (χ4v) is 2.55. The van der Waals surface area contributed by atoms with Gasteiger partial charge in [-0.2, -0.15) is 4.99 Å². The van der Waals surface area contributed by atoms with Gasteiger partial charge in [0.2, 0.25) is 0 Å². The number of aryl methyl sites for hydroxylation is 1. The number of hydrogen-bond acceptors (Lipinski definition) is 3. The van der Waals surface area contributed by atoms with Crippen LogP contribution >= 0.6 is 0 Å². The minimum Gasteiger partial charge on any atom is -0.370 e. The number of guanidine groups is 1. The van der Waals surface area contributed by atoms with Gasteiger partial charge in [-0.25, -0.2) is 0 Å². The summed E-state index contributed by atoms with van der Waals surface area (Å²) in [6, 6.07) is 9.78. The van der Waals surface area contributed by atoms with Crippen molar-refractivity contribution in [2.24, 2.45) is 22.4 Å². The first-order chi connectivity index (χ1) is 10.1. The highest BCUT2D eigenvalue weighted by Crippen LogP contribution is 2.26. The Bertz CT molecular complexity index is 687. The van der Waals surface area contributed by atoms with Crippen molar-refractivity contribution in [3.05, 3.63) is 36.2 Å². The van der Waals surface area contributed by atoms with E-state index >= 15 is 0 Å². The quantitative estimate of drug-likeness (QED) is 0.608. The molecule has 0 fully saturated rings. The molecule has 1 aromatic carbocycles. The molecule has 2 heterocycles. The van der Waals surface area contributed by atoms with Gasteiger partial charge in [0.1, 0.15) is 5.82 Å². The fourth-order valence-electron chi connectivity index (χ4n) is 2.55. The lowest BCUT2D eigenvalue weighted by atomic mass is 9.98. The van der Waals surface area contributed by atoms with Crippen molar-refractivity contribution in [3.8, 4) is 11.4 Å². The van der Waals surface area contributed by atoms with E-state index in [0.29, 0.717) is 19.4 Å². The van der Waals surface area contributed by atoms with Gasteiger partial charge in [-0.15, -0.1) is 10.2 Å². The highest BCUT2D eigenvalue weighted by molar-refractivity contribution is 5.92. The molecule has 7 heteroatoms. The van der Waals surface area contributed by atoms with Gasteiger partial charge >= 0.3 is 0 Å². The molecule has 0 bridgehead atoms. The second kappa shape index (κ2) is 5.35. The number of benzene rings is 1. The fraction of sp³-hybridized carbons (Fsp3) is 0.286. The Labute approximate surface area is 121 Å². The van der Waals surface area contributed by atoms with Gasteiger partial charge in [0.15, 0.2) is 11.8 Å². The van der Waals surface area contributed by atoms with E-state index < -0.39 is 0 Å². The molecule has 7 nitrogen and oxygen atoms in total. The van der Waals surface area contributed by atoms with Gasteiger partial charge in [-0.1, -0.05) is 30.3 Å². The molecule has 108 valence electrons. The van der Waals surface area contributed by atoms with E-state index in [1.165, 1.54) is 0 Å². The van der Waals surface area contributed by atoms with Crippen molar-refractivity contribution in [2.75, 3.05) is 0 Å². The SMILES string of the molecule is NC(N)=NC(=O)C1CCc2nnc(-c3ccccc3)n2C1. The molecule has 2 aromatic rings. The molecule has 1 aliphatic rings. The van der Waals surface area contributed by atoms with Gasteiger partial charge in [0, 0.05) is 18.5 Å². The third-order valence-corrected chi connectivity index (χ3v) is 3.57. The molecule has 4 N–H and O–H groups in total. The van der Waals surface area contributed by atoms with Crippen LogP contribution in [0.4, 0.5) is 0 Å². The Morgan fingerprint density at radius 1 is 1.24 bits per heavy atom. The van der Waals surface area contributed by atoms with Gasteiger partial charge in [0.05, 0.1) is 5.92 Å². The second-order valence-corrected chi connectivity index (χ2v) is 5.03. The van der Waals surface area contributed by atoms with Crippen LogP contribution in [-0.2, 0) is 17.8 Å². The smallest absolute Gasteiger partial charge is 0.253 e. The zero-order valence-corrected chi connectivity index (χ0v) is 11.4. The Kier molecular flexibility index (Phi) is 3.39. The first kappa shape index (κ1) is 13.3. The number of hydrogen-bond donors (Lipinski definition) is 2. The molecule has 1 aromatic heterocycles. The summed E-state index contributed by atoms with van der Waals surface area (Å²) in [7, 11) is 0. The van der Waals surface area contributed by atoms with Crippen molar-refractivity contribution in [1.82, 2.24) is 14.8 Å². The number of fused-ring (bicyclic) bond motifs is 1. The molecule has 0 saturated carbocycles. The van der Waals surface area contributed by atoms with Gasteiger partial charge in [-0.3, -0.25) is 4.79 Å². The topological polar surface area (TPSA) is 112 Å². The number of nitrogens with two attached hydrogens (primary N) is 2. The molecular weight excluding hydrogens is 268 g/mol. The summed E-state index contributed by atoms with van der Waals surface area (Å²) in [5.41, 5.74) is 11.5. The van der Waals surface area contributed by atoms with E-state index in [1.54, 1.807) is 0 Å². The number of carbonyl (C=O) groups is 1. The first-order valence-corrected chi connectivity index (χ1v) is 6.76. The summed E-state index contributed by atoms with van der Waals surface area (Å²) in [5, 5.41) is 8.44. The van der Waals surface area contributed by atoms with Crippen molar-refractivity contribution < 1.29 is 4.79 Å². The molecule has 0 spiro atoms. The molecule has 1 aliphatic heterocycles. The minimum atomic E-state index is -0.284. The predicted octanol–water partition coefficient (Wildman–Crippen LogP) is 0.308. The van der Waals surface area contributed by atoms with Gasteiger partial charge < -0.3 is 16.0 Å². The van der Waals surface area contributed by atoms with E-state index in [4.69, 9.17) is 11.5 Å². The minimum absolute atomic E-state index is 0.196.